The smallest absolute Gasteiger partial charge is 0.251 e. The van der Waals surface area contributed by atoms with Crippen LogP contribution in [0, 0.1) is 5.92 Å². The number of ether oxygens (including phenoxy) is 1. The lowest BCUT2D eigenvalue weighted by atomic mass is 9.88. The Morgan fingerprint density at radius 2 is 2.38 bits per heavy atom. The van der Waals surface area contributed by atoms with Gasteiger partial charge in [0.15, 0.2) is 0 Å². The van der Waals surface area contributed by atoms with E-state index in [9.17, 15) is 4.79 Å². The van der Waals surface area contributed by atoms with Crippen molar-refractivity contribution < 1.29 is 9.53 Å². The Labute approximate surface area is 126 Å². The summed E-state index contributed by atoms with van der Waals surface area (Å²) in [6.45, 7) is 5.57. The molecule has 0 aromatic heterocycles. The predicted molar refractivity (Wildman–Crippen MR) is 82.4 cm³/mol. The van der Waals surface area contributed by atoms with E-state index >= 15 is 0 Å². The second-order valence-corrected chi connectivity index (χ2v) is 5.98. The van der Waals surface area contributed by atoms with Crippen LogP contribution >= 0.6 is 0 Å². The van der Waals surface area contributed by atoms with Crippen molar-refractivity contribution in [2.24, 2.45) is 5.92 Å². The molecule has 4 heteroatoms. The number of carbonyl (C=O) groups is 1. The highest BCUT2D eigenvalue weighted by molar-refractivity contribution is 5.96. The van der Waals surface area contributed by atoms with Crippen LogP contribution < -0.4 is 10.6 Å². The van der Waals surface area contributed by atoms with Gasteiger partial charge in [-0.2, -0.15) is 0 Å². The molecule has 3 rings (SSSR count). The highest BCUT2D eigenvalue weighted by Crippen LogP contribution is 2.30. The van der Waals surface area contributed by atoms with E-state index in [-0.39, 0.29) is 11.9 Å². The lowest BCUT2D eigenvalue weighted by Gasteiger charge is -2.26. The number of benzene rings is 1. The van der Waals surface area contributed by atoms with Crippen LogP contribution in [0.5, 0.6) is 0 Å². The molecule has 2 N–H and O–H groups in total. The fraction of sp³-hybridized carbons (Fsp3) is 0.588. The van der Waals surface area contributed by atoms with Gasteiger partial charge >= 0.3 is 0 Å². The summed E-state index contributed by atoms with van der Waals surface area (Å²) in [5, 5.41) is 6.57. The molecule has 1 saturated heterocycles. The number of carbonyl (C=O) groups excluding carboxylic acids is 1. The van der Waals surface area contributed by atoms with E-state index in [4.69, 9.17) is 4.74 Å². The molecule has 2 unspecified atom stereocenters. The number of fused-ring (bicyclic) bond motifs is 1. The lowest BCUT2D eigenvalue weighted by Crippen LogP contribution is -2.33. The summed E-state index contributed by atoms with van der Waals surface area (Å²) >= 11 is 0. The van der Waals surface area contributed by atoms with E-state index in [1.54, 1.807) is 0 Å². The summed E-state index contributed by atoms with van der Waals surface area (Å²) in [6, 6.07) is 6.67. The van der Waals surface area contributed by atoms with E-state index in [0.717, 1.165) is 51.1 Å². The summed E-state index contributed by atoms with van der Waals surface area (Å²) in [5.74, 6) is 0.566. The van der Waals surface area contributed by atoms with Crippen molar-refractivity contribution in [3.8, 4) is 0 Å². The van der Waals surface area contributed by atoms with Crippen molar-refractivity contribution in [3.63, 3.8) is 0 Å². The first-order valence-electron chi connectivity index (χ1n) is 8.01. The molecule has 0 spiro atoms. The van der Waals surface area contributed by atoms with Gasteiger partial charge in [-0.1, -0.05) is 19.1 Å². The van der Waals surface area contributed by atoms with Gasteiger partial charge in [-0.15, -0.1) is 0 Å². The molecule has 1 aromatic carbocycles. The molecule has 1 amide bonds. The summed E-state index contributed by atoms with van der Waals surface area (Å²) in [6.07, 6.45) is 3.13. The monoisotopic (exact) mass is 288 g/mol. The number of nitrogens with one attached hydrogen (secondary N) is 2. The SMILES string of the molecule is CCCNC(c1ccc2c(c1)C(=O)NCC2)C1CCOC1. The van der Waals surface area contributed by atoms with Gasteiger partial charge in [0.2, 0.25) is 0 Å². The van der Waals surface area contributed by atoms with Crippen molar-refractivity contribution in [1.29, 1.82) is 0 Å². The van der Waals surface area contributed by atoms with Gasteiger partial charge in [-0.3, -0.25) is 4.79 Å². The van der Waals surface area contributed by atoms with Gasteiger partial charge in [0.05, 0.1) is 6.61 Å². The third-order valence-corrected chi connectivity index (χ3v) is 4.47. The average Bonchev–Trinajstić information content (AvgIpc) is 3.02. The van der Waals surface area contributed by atoms with Crippen molar-refractivity contribution in [2.45, 2.75) is 32.2 Å². The highest BCUT2D eigenvalue weighted by Gasteiger charge is 2.28. The van der Waals surface area contributed by atoms with E-state index in [0.29, 0.717) is 5.92 Å². The molecule has 0 bridgehead atoms. The number of rotatable bonds is 5. The van der Waals surface area contributed by atoms with E-state index in [2.05, 4.69) is 35.8 Å². The van der Waals surface area contributed by atoms with Crippen molar-refractivity contribution in [1.82, 2.24) is 10.6 Å². The maximum absolute atomic E-state index is 12.0. The molecule has 0 aliphatic carbocycles. The molecular weight excluding hydrogens is 264 g/mol. The number of hydrogen-bond donors (Lipinski definition) is 2. The first-order chi connectivity index (χ1) is 10.3. The second kappa shape index (κ2) is 6.58. The molecule has 2 heterocycles. The average molecular weight is 288 g/mol. The molecule has 1 fully saturated rings. The number of amides is 1. The summed E-state index contributed by atoms with van der Waals surface area (Å²) < 4.78 is 5.55. The zero-order chi connectivity index (χ0) is 14.7. The standard InChI is InChI=1S/C17H24N2O2/c1-2-7-18-16(14-6-9-21-11-14)13-4-3-12-5-8-19-17(20)15(12)10-13/h3-4,10,14,16,18H,2,5-9,11H2,1H3,(H,19,20). The van der Waals surface area contributed by atoms with E-state index in [1.165, 1.54) is 11.1 Å². The van der Waals surface area contributed by atoms with Crippen LogP contribution in [0.3, 0.4) is 0 Å². The molecule has 0 radical (unpaired) electrons. The van der Waals surface area contributed by atoms with Gasteiger partial charge in [0.1, 0.15) is 0 Å². The van der Waals surface area contributed by atoms with Crippen LogP contribution in [-0.2, 0) is 11.2 Å². The minimum Gasteiger partial charge on any atom is -0.381 e. The maximum atomic E-state index is 12.0. The fourth-order valence-electron chi connectivity index (χ4n) is 3.29. The Balaban J connectivity index is 1.87. The lowest BCUT2D eigenvalue weighted by molar-refractivity contribution is 0.0946. The zero-order valence-electron chi connectivity index (χ0n) is 12.7. The van der Waals surface area contributed by atoms with E-state index < -0.39 is 0 Å². The Bertz CT molecular complexity index is 510. The third-order valence-electron chi connectivity index (χ3n) is 4.47. The van der Waals surface area contributed by atoms with Gasteiger partial charge < -0.3 is 15.4 Å². The Kier molecular flexibility index (Phi) is 4.56. The van der Waals surface area contributed by atoms with Crippen LogP contribution in [0.4, 0.5) is 0 Å². The Morgan fingerprint density at radius 1 is 1.48 bits per heavy atom. The Morgan fingerprint density at radius 3 is 3.14 bits per heavy atom. The van der Waals surface area contributed by atoms with Crippen molar-refractivity contribution in [3.05, 3.63) is 34.9 Å². The minimum absolute atomic E-state index is 0.0648. The fourth-order valence-corrected chi connectivity index (χ4v) is 3.29. The molecule has 4 nitrogen and oxygen atoms in total. The van der Waals surface area contributed by atoms with Crippen molar-refractivity contribution >= 4 is 5.91 Å². The third kappa shape index (κ3) is 3.11. The molecular formula is C17H24N2O2. The van der Waals surface area contributed by atoms with Gasteiger partial charge in [0.25, 0.3) is 5.91 Å². The molecule has 1 aromatic rings. The Hall–Kier alpha value is -1.39. The molecule has 2 aliphatic heterocycles. The van der Waals surface area contributed by atoms with Crippen LogP contribution in [0.2, 0.25) is 0 Å². The molecule has 0 saturated carbocycles. The highest BCUT2D eigenvalue weighted by atomic mass is 16.5. The van der Waals surface area contributed by atoms with Gasteiger partial charge in [-0.05, 0) is 43.0 Å². The summed E-state index contributed by atoms with van der Waals surface area (Å²) in [7, 11) is 0. The van der Waals surface area contributed by atoms with Crippen LogP contribution in [0.15, 0.2) is 18.2 Å². The van der Waals surface area contributed by atoms with Crippen molar-refractivity contribution in [2.75, 3.05) is 26.3 Å². The van der Waals surface area contributed by atoms with E-state index in [1.807, 2.05) is 0 Å². The zero-order valence-corrected chi connectivity index (χ0v) is 12.7. The van der Waals surface area contributed by atoms with Crippen LogP contribution in [0.25, 0.3) is 0 Å². The first-order valence-corrected chi connectivity index (χ1v) is 8.01. The largest absolute Gasteiger partial charge is 0.381 e. The van der Waals surface area contributed by atoms with Crippen LogP contribution in [-0.4, -0.2) is 32.2 Å². The van der Waals surface area contributed by atoms with Crippen LogP contribution in [0.1, 0.15) is 47.3 Å². The maximum Gasteiger partial charge on any atom is 0.251 e. The first kappa shape index (κ1) is 14.5. The molecule has 2 aliphatic rings. The summed E-state index contributed by atoms with van der Waals surface area (Å²) in [5.41, 5.74) is 3.23. The number of hydrogen-bond acceptors (Lipinski definition) is 3. The molecule has 2 atom stereocenters. The minimum atomic E-state index is 0.0648. The van der Waals surface area contributed by atoms with Gasteiger partial charge in [-0.25, -0.2) is 0 Å². The molecule has 114 valence electrons. The molecule has 21 heavy (non-hydrogen) atoms. The topological polar surface area (TPSA) is 50.4 Å². The quantitative estimate of drug-likeness (QED) is 0.872. The summed E-state index contributed by atoms with van der Waals surface area (Å²) in [4.78, 5) is 12.0. The normalized spacial score (nSPS) is 22.7. The second-order valence-electron chi connectivity index (χ2n) is 5.98. The predicted octanol–water partition coefficient (Wildman–Crippen LogP) is 2.05. The van der Waals surface area contributed by atoms with Gasteiger partial charge in [0, 0.05) is 30.7 Å².